The van der Waals surface area contributed by atoms with Gasteiger partial charge in [0, 0.05) is 38.9 Å². The summed E-state index contributed by atoms with van der Waals surface area (Å²) in [4.78, 5) is 12.8. The number of piperidine rings is 1. The van der Waals surface area contributed by atoms with Crippen molar-refractivity contribution < 1.29 is 30.7 Å². The normalized spacial score (nSPS) is 24.2. The first-order chi connectivity index (χ1) is 15.0. The summed E-state index contributed by atoms with van der Waals surface area (Å²) in [6, 6.07) is 0.200. The van der Waals surface area contributed by atoms with Crippen LogP contribution in [0.3, 0.4) is 0 Å². The number of hydrogen-bond donors (Lipinski definition) is 0. The molecule has 176 valence electrons. The van der Waals surface area contributed by atoms with Crippen LogP contribution < -0.4 is 4.74 Å². The molecule has 0 unspecified atom stereocenters. The largest absolute Gasteiger partial charge is 0.471 e. The molecule has 2 saturated heterocycles. The van der Waals surface area contributed by atoms with E-state index in [0.29, 0.717) is 32.0 Å². The van der Waals surface area contributed by atoms with Crippen molar-refractivity contribution in [1.29, 1.82) is 0 Å². The van der Waals surface area contributed by atoms with Gasteiger partial charge >= 0.3 is 6.18 Å². The maximum Gasteiger partial charge on any atom is 0.433 e. The first-order valence-corrected chi connectivity index (χ1v) is 11.4. The van der Waals surface area contributed by atoms with Gasteiger partial charge in [-0.1, -0.05) is 0 Å². The van der Waals surface area contributed by atoms with Crippen LogP contribution in [0.15, 0.2) is 29.9 Å². The number of ether oxygens (including phenoxy) is 1. The van der Waals surface area contributed by atoms with Crippen molar-refractivity contribution in [3.63, 3.8) is 0 Å². The summed E-state index contributed by atoms with van der Waals surface area (Å²) in [7, 11) is -2.31. The number of sulfonamides is 1. The summed E-state index contributed by atoms with van der Waals surface area (Å²) in [5.41, 5.74) is -1.16. The third kappa shape index (κ3) is 4.71. The zero-order valence-electron chi connectivity index (χ0n) is 17.1. The fourth-order valence-corrected chi connectivity index (χ4v) is 5.39. The summed E-state index contributed by atoms with van der Waals surface area (Å²) in [6.45, 7) is 0.712. The second-order valence-corrected chi connectivity index (χ2v) is 9.76. The highest BCUT2D eigenvalue weighted by Crippen LogP contribution is 2.31. The SMILES string of the molecule is Cn1cnc(S(=O)(=O)N2C[C@H](Oc3cc(C(F)(F)F)ncn3)[C@@H](N3CCC(F)CC3)C2)c1. The van der Waals surface area contributed by atoms with Crippen LogP contribution >= 0.6 is 0 Å². The number of likely N-dealkylation sites (tertiary alicyclic amines) is 1. The van der Waals surface area contributed by atoms with E-state index in [4.69, 9.17) is 4.74 Å². The molecule has 2 atom stereocenters. The molecule has 32 heavy (non-hydrogen) atoms. The average Bonchev–Trinajstić information content (AvgIpc) is 3.36. The van der Waals surface area contributed by atoms with Crippen molar-refractivity contribution in [2.75, 3.05) is 26.2 Å². The molecule has 0 amide bonds. The van der Waals surface area contributed by atoms with Gasteiger partial charge in [-0.05, 0) is 12.8 Å². The highest BCUT2D eigenvalue weighted by Gasteiger charge is 2.45. The Kier molecular flexibility index (Phi) is 6.11. The van der Waals surface area contributed by atoms with E-state index in [1.54, 1.807) is 7.05 Å². The van der Waals surface area contributed by atoms with Crippen molar-refractivity contribution in [2.45, 2.75) is 42.4 Å². The zero-order chi connectivity index (χ0) is 23.1. The van der Waals surface area contributed by atoms with Gasteiger partial charge in [-0.15, -0.1) is 0 Å². The minimum atomic E-state index is -4.67. The van der Waals surface area contributed by atoms with Crippen molar-refractivity contribution in [3.8, 4) is 5.88 Å². The van der Waals surface area contributed by atoms with Crippen LogP contribution in [0.2, 0.25) is 0 Å². The van der Waals surface area contributed by atoms with E-state index in [1.807, 2.05) is 4.90 Å². The molecule has 0 radical (unpaired) electrons. The lowest BCUT2D eigenvalue weighted by Gasteiger charge is -2.35. The quantitative estimate of drug-likeness (QED) is 0.601. The van der Waals surface area contributed by atoms with Gasteiger partial charge in [0.1, 0.15) is 18.6 Å². The second-order valence-electron chi connectivity index (χ2n) is 7.87. The molecule has 4 rings (SSSR count). The summed E-state index contributed by atoms with van der Waals surface area (Å²) >= 11 is 0. The molecule has 2 aromatic heterocycles. The molecule has 9 nitrogen and oxygen atoms in total. The topological polar surface area (TPSA) is 93.5 Å². The summed E-state index contributed by atoms with van der Waals surface area (Å²) in [5, 5.41) is -0.136. The number of alkyl halides is 4. The molecule has 0 aliphatic carbocycles. The lowest BCUT2D eigenvalue weighted by molar-refractivity contribution is -0.141. The van der Waals surface area contributed by atoms with E-state index in [-0.39, 0.29) is 24.0 Å². The first kappa shape index (κ1) is 22.9. The van der Waals surface area contributed by atoms with Crippen molar-refractivity contribution >= 4 is 10.0 Å². The second kappa shape index (κ2) is 8.56. The number of aromatic nitrogens is 4. The van der Waals surface area contributed by atoms with Crippen LogP contribution in [0.25, 0.3) is 0 Å². The molecule has 0 spiro atoms. The monoisotopic (exact) mass is 478 g/mol. The maximum absolute atomic E-state index is 13.6. The molecule has 4 heterocycles. The van der Waals surface area contributed by atoms with E-state index >= 15 is 0 Å². The average molecular weight is 478 g/mol. The molecule has 14 heteroatoms. The van der Waals surface area contributed by atoms with Gasteiger partial charge in [-0.3, -0.25) is 4.90 Å². The minimum absolute atomic E-state index is 0.0394. The molecule has 0 bridgehead atoms. The van der Waals surface area contributed by atoms with Gasteiger partial charge in [0.2, 0.25) is 5.88 Å². The predicted octanol–water partition coefficient (Wildman–Crippen LogP) is 1.48. The third-order valence-electron chi connectivity index (χ3n) is 5.62. The number of halogens is 4. The lowest BCUT2D eigenvalue weighted by Crippen LogP contribution is -2.49. The van der Waals surface area contributed by atoms with Crippen LogP contribution in [0, 0.1) is 0 Å². The fraction of sp³-hybridized carbons (Fsp3) is 0.611. The molecule has 2 aliphatic heterocycles. The Hall–Kier alpha value is -2.32. The number of hydrogen-bond acceptors (Lipinski definition) is 7. The molecule has 0 aromatic carbocycles. The van der Waals surface area contributed by atoms with E-state index in [0.717, 1.165) is 6.33 Å². The summed E-state index contributed by atoms with van der Waals surface area (Å²) < 4.78 is 87.2. The molecule has 2 aromatic rings. The van der Waals surface area contributed by atoms with Crippen molar-refractivity contribution in [1.82, 2.24) is 28.7 Å². The van der Waals surface area contributed by atoms with E-state index in [1.165, 1.54) is 21.4 Å². The van der Waals surface area contributed by atoms with Gasteiger partial charge in [0.15, 0.2) is 10.7 Å². The van der Waals surface area contributed by atoms with Crippen LogP contribution in [-0.4, -0.2) is 81.6 Å². The highest BCUT2D eigenvalue weighted by atomic mass is 32.2. The Labute approximate surface area is 182 Å². The number of rotatable bonds is 5. The highest BCUT2D eigenvalue weighted by molar-refractivity contribution is 7.89. The number of aryl methyl sites for hydroxylation is 1. The van der Waals surface area contributed by atoms with Gasteiger partial charge < -0.3 is 9.30 Å². The molecule has 0 N–H and O–H groups in total. The van der Waals surface area contributed by atoms with Crippen molar-refractivity contribution in [3.05, 3.63) is 30.6 Å². The molecular weight excluding hydrogens is 456 g/mol. The maximum atomic E-state index is 13.6. The fourth-order valence-electron chi connectivity index (χ4n) is 3.95. The molecule has 2 aliphatic rings. The number of nitrogens with zero attached hydrogens (tertiary/aromatic N) is 6. The van der Waals surface area contributed by atoms with E-state index in [2.05, 4.69) is 15.0 Å². The Bertz CT molecular complexity index is 1050. The third-order valence-corrected chi connectivity index (χ3v) is 7.34. The molecule has 2 fully saturated rings. The number of imidazole rings is 1. The Morgan fingerprint density at radius 2 is 1.84 bits per heavy atom. The minimum Gasteiger partial charge on any atom is -0.471 e. The first-order valence-electron chi connectivity index (χ1n) is 9.96. The molecule has 0 saturated carbocycles. The Morgan fingerprint density at radius 3 is 2.47 bits per heavy atom. The summed E-state index contributed by atoms with van der Waals surface area (Å²) in [5.74, 6) is -0.306. The Balaban J connectivity index is 1.59. The Morgan fingerprint density at radius 1 is 1.12 bits per heavy atom. The van der Waals surface area contributed by atoms with Gasteiger partial charge in [0.25, 0.3) is 10.0 Å². The van der Waals surface area contributed by atoms with Crippen molar-refractivity contribution in [2.24, 2.45) is 7.05 Å². The lowest BCUT2D eigenvalue weighted by atomic mass is 10.1. The zero-order valence-corrected chi connectivity index (χ0v) is 17.9. The standard InChI is InChI=1S/C18H22F4N6O3S/c1-26-9-17(25-11-26)32(29,30)28-7-13(27-4-2-12(19)3-5-27)14(8-28)31-16-6-15(18(20,21)22)23-10-24-16/h6,9-14H,2-5,7-8H2,1H3/t13-,14-/m0/s1. The van der Waals surface area contributed by atoms with Crippen LogP contribution in [0.1, 0.15) is 18.5 Å². The van der Waals surface area contributed by atoms with Crippen LogP contribution in [0.4, 0.5) is 17.6 Å². The van der Waals surface area contributed by atoms with Gasteiger partial charge in [-0.2, -0.15) is 17.5 Å². The van der Waals surface area contributed by atoms with Crippen LogP contribution in [0.5, 0.6) is 5.88 Å². The smallest absolute Gasteiger partial charge is 0.433 e. The summed E-state index contributed by atoms with van der Waals surface area (Å²) in [6.07, 6.45) is -2.35. The van der Waals surface area contributed by atoms with Crippen LogP contribution in [-0.2, 0) is 23.2 Å². The van der Waals surface area contributed by atoms with Gasteiger partial charge in [0.05, 0.1) is 18.9 Å². The van der Waals surface area contributed by atoms with Gasteiger partial charge in [-0.25, -0.2) is 27.8 Å². The molecular formula is C18H22F4N6O3S. The van der Waals surface area contributed by atoms with E-state index < -0.39 is 40.2 Å². The predicted molar refractivity (Wildman–Crippen MR) is 103 cm³/mol. The van der Waals surface area contributed by atoms with E-state index in [9.17, 15) is 26.0 Å².